The van der Waals surface area contributed by atoms with E-state index in [-0.39, 0.29) is 0 Å². The fourth-order valence-electron chi connectivity index (χ4n) is 1.11. The molecule has 1 saturated heterocycles. The number of hydrogen-bond acceptors (Lipinski definition) is 2. The van der Waals surface area contributed by atoms with E-state index in [2.05, 4.69) is 11.1 Å². The first-order valence-corrected chi connectivity index (χ1v) is 3.57. The number of halogens is 1. The van der Waals surface area contributed by atoms with Crippen LogP contribution in [0.25, 0.3) is 0 Å². The molecule has 0 spiro atoms. The van der Waals surface area contributed by atoms with Crippen LogP contribution in [-0.4, -0.2) is 24.2 Å². The summed E-state index contributed by atoms with van der Waals surface area (Å²) in [6, 6.07) is 6.44. The fourth-order valence-corrected chi connectivity index (χ4v) is 1.11. The summed E-state index contributed by atoms with van der Waals surface area (Å²) < 4.78 is 12.4. The molecule has 0 bridgehead atoms. The molecule has 1 fully saturated rings. The van der Waals surface area contributed by atoms with Crippen molar-refractivity contribution in [2.45, 2.75) is 6.17 Å². The highest BCUT2D eigenvalue weighted by atomic mass is 19.1. The Kier molecular flexibility index (Phi) is 1.49. The van der Waals surface area contributed by atoms with Crippen LogP contribution < -0.4 is 4.90 Å². The maximum absolute atomic E-state index is 12.4. The molecule has 1 aliphatic heterocycles. The molecular formula is C8H8FN2. The van der Waals surface area contributed by atoms with E-state index < -0.39 is 6.17 Å². The molecular weight excluding hydrogens is 143 g/mol. The van der Waals surface area contributed by atoms with Gasteiger partial charge in [0.2, 0.25) is 0 Å². The van der Waals surface area contributed by atoms with Crippen LogP contribution in [0.15, 0.2) is 18.3 Å². The Hall–Kier alpha value is -1.12. The standard InChI is InChI=1S/C8H8FN2/c9-7-5-11(6-7)8-3-1-2-4-10-8/h1,3-4,7H,5-6H2. The number of hydrogen-bond donors (Lipinski definition) is 0. The second-order valence-corrected chi connectivity index (χ2v) is 2.62. The summed E-state index contributed by atoms with van der Waals surface area (Å²) in [7, 11) is 0. The summed E-state index contributed by atoms with van der Waals surface area (Å²) >= 11 is 0. The lowest BCUT2D eigenvalue weighted by Crippen LogP contribution is -2.48. The lowest BCUT2D eigenvalue weighted by molar-refractivity contribution is 0.273. The molecule has 2 heterocycles. The molecule has 1 aliphatic rings. The van der Waals surface area contributed by atoms with Gasteiger partial charge in [-0.3, -0.25) is 0 Å². The normalized spacial score (nSPS) is 18.1. The zero-order valence-corrected chi connectivity index (χ0v) is 6.00. The van der Waals surface area contributed by atoms with Gasteiger partial charge in [-0.2, -0.15) is 0 Å². The summed E-state index contributed by atoms with van der Waals surface area (Å²) in [5, 5.41) is 0. The summed E-state index contributed by atoms with van der Waals surface area (Å²) in [6.07, 6.45) is 0.932. The molecule has 0 unspecified atom stereocenters. The summed E-state index contributed by atoms with van der Waals surface area (Å²) in [5.74, 6) is 0.845. The minimum Gasteiger partial charge on any atom is -0.351 e. The van der Waals surface area contributed by atoms with E-state index >= 15 is 0 Å². The first-order chi connectivity index (χ1) is 5.36. The van der Waals surface area contributed by atoms with Crippen molar-refractivity contribution >= 4 is 5.82 Å². The van der Waals surface area contributed by atoms with Crippen LogP contribution in [0.5, 0.6) is 0 Å². The lowest BCUT2D eigenvalue weighted by Gasteiger charge is -2.35. The molecule has 2 rings (SSSR count). The van der Waals surface area contributed by atoms with Gasteiger partial charge in [-0.25, -0.2) is 9.37 Å². The third-order valence-corrected chi connectivity index (χ3v) is 1.76. The van der Waals surface area contributed by atoms with Crippen LogP contribution in [0.1, 0.15) is 0 Å². The Morgan fingerprint density at radius 2 is 2.45 bits per heavy atom. The van der Waals surface area contributed by atoms with Crippen LogP contribution in [-0.2, 0) is 0 Å². The van der Waals surface area contributed by atoms with E-state index in [1.54, 1.807) is 12.3 Å². The average Bonchev–Trinajstić information content (AvgIpc) is 2.01. The van der Waals surface area contributed by atoms with Crippen LogP contribution in [0.2, 0.25) is 0 Å². The number of aromatic nitrogens is 1. The number of rotatable bonds is 1. The third-order valence-electron chi connectivity index (χ3n) is 1.76. The van der Waals surface area contributed by atoms with Crippen LogP contribution in [0, 0.1) is 6.07 Å². The van der Waals surface area contributed by atoms with Crippen molar-refractivity contribution in [3.05, 3.63) is 24.4 Å². The molecule has 0 saturated carbocycles. The van der Waals surface area contributed by atoms with Gasteiger partial charge in [0.1, 0.15) is 12.0 Å². The molecule has 1 radical (unpaired) electrons. The maximum atomic E-state index is 12.4. The molecule has 3 heteroatoms. The summed E-state index contributed by atoms with van der Waals surface area (Å²) in [6.45, 7) is 0.966. The van der Waals surface area contributed by atoms with Gasteiger partial charge < -0.3 is 4.90 Å². The smallest absolute Gasteiger partial charge is 0.135 e. The Morgan fingerprint density at radius 3 is 3.00 bits per heavy atom. The first-order valence-electron chi connectivity index (χ1n) is 3.57. The minimum atomic E-state index is -0.666. The molecule has 0 aliphatic carbocycles. The number of anilines is 1. The second-order valence-electron chi connectivity index (χ2n) is 2.62. The van der Waals surface area contributed by atoms with Gasteiger partial charge in [-0.15, -0.1) is 0 Å². The summed E-state index contributed by atoms with van der Waals surface area (Å²) in [5.41, 5.74) is 0. The SMILES string of the molecule is FC1CN(c2cc[c]cn2)C1. The van der Waals surface area contributed by atoms with E-state index in [0.29, 0.717) is 13.1 Å². The van der Waals surface area contributed by atoms with Crippen molar-refractivity contribution in [3.63, 3.8) is 0 Å². The van der Waals surface area contributed by atoms with E-state index in [1.165, 1.54) is 0 Å². The van der Waals surface area contributed by atoms with Gasteiger partial charge in [-0.1, -0.05) is 0 Å². The van der Waals surface area contributed by atoms with Gasteiger partial charge in [0.25, 0.3) is 0 Å². The van der Waals surface area contributed by atoms with E-state index in [1.807, 2.05) is 11.0 Å². The van der Waals surface area contributed by atoms with Gasteiger partial charge >= 0.3 is 0 Å². The van der Waals surface area contributed by atoms with Crippen molar-refractivity contribution in [2.75, 3.05) is 18.0 Å². The molecule has 1 aromatic heterocycles. The molecule has 1 aromatic rings. The molecule has 0 aromatic carbocycles. The minimum absolute atomic E-state index is 0.483. The van der Waals surface area contributed by atoms with E-state index in [0.717, 1.165) is 5.82 Å². The second kappa shape index (κ2) is 2.49. The fraction of sp³-hybridized carbons (Fsp3) is 0.375. The maximum Gasteiger partial charge on any atom is 0.135 e. The zero-order chi connectivity index (χ0) is 7.68. The predicted molar refractivity (Wildman–Crippen MR) is 40.2 cm³/mol. The van der Waals surface area contributed by atoms with Crippen molar-refractivity contribution < 1.29 is 4.39 Å². The van der Waals surface area contributed by atoms with Gasteiger partial charge in [0.15, 0.2) is 0 Å². The molecule has 11 heavy (non-hydrogen) atoms. The van der Waals surface area contributed by atoms with Crippen LogP contribution >= 0.6 is 0 Å². The topological polar surface area (TPSA) is 16.1 Å². The number of alkyl halides is 1. The molecule has 2 nitrogen and oxygen atoms in total. The average molecular weight is 151 g/mol. The number of pyridine rings is 1. The summed E-state index contributed by atoms with van der Waals surface area (Å²) in [4.78, 5) is 5.94. The Labute approximate surface area is 64.7 Å². The van der Waals surface area contributed by atoms with Crippen LogP contribution in [0.3, 0.4) is 0 Å². The van der Waals surface area contributed by atoms with Gasteiger partial charge in [0, 0.05) is 12.3 Å². The molecule has 0 atom stereocenters. The largest absolute Gasteiger partial charge is 0.351 e. The van der Waals surface area contributed by atoms with E-state index in [4.69, 9.17) is 0 Å². The van der Waals surface area contributed by atoms with Crippen molar-refractivity contribution in [2.24, 2.45) is 0 Å². The lowest BCUT2D eigenvalue weighted by atomic mass is 10.2. The Morgan fingerprint density at radius 1 is 1.64 bits per heavy atom. The van der Waals surface area contributed by atoms with Crippen molar-refractivity contribution in [1.29, 1.82) is 0 Å². The Balaban J connectivity index is 2.08. The van der Waals surface area contributed by atoms with Crippen molar-refractivity contribution in [1.82, 2.24) is 4.98 Å². The number of nitrogens with zero attached hydrogens (tertiary/aromatic N) is 2. The zero-order valence-electron chi connectivity index (χ0n) is 6.00. The molecule has 0 N–H and O–H groups in total. The van der Waals surface area contributed by atoms with Gasteiger partial charge in [-0.05, 0) is 12.1 Å². The molecule has 57 valence electrons. The third kappa shape index (κ3) is 1.18. The Bertz CT molecular complexity index is 231. The van der Waals surface area contributed by atoms with E-state index in [9.17, 15) is 4.39 Å². The molecule has 0 amide bonds. The highest BCUT2D eigenvalue weighted by molar-refractivity contribution is 5.41. The predicted octanol–water partition coefficient (Wildman–Crippen LogP) is 1.04. The van der Waals surface area contributed by atoms with Crippen molar-refractivity contribution in [3.8, 4) is 0 Å². The quantitative estimate of drug-likeness (QED) is 0.596. The first kappa shape index (κ1) is 6.58. The van der Waals surface area contributed by atoms with Crippen LogP contribution in [0.4, 0.5) is 10.2 Å². The monoisotopic (exact) mass is 151 g/mol. The highest BCUT2D eigenvalue weighted by Crippen LogP contribution is 2.18. The van der Waals surface area contributed by atoms with Gasteiger partial charge in [0.05, 0.1) is 13.1 Å². The highest BCUT2D eigenvalue weighted by Gasteiger charge is 2.26.